The third-order valence-corrected chi connectivity index (χ3v) is 5.73. The van der Waals surface area contributed by atoms with Crippen molar-refractivity contribution in [1.29, 1.82) is 0 Å². The molecule has 0 atom stereocenters. The van der Waals surface area contributed by atoms with Crippen molar-refractivity contribution in [2.75, 3.05) is 0 Å². The van der Waals surface area contributed by atoms with Crippen LogP contribution in [0.15, 0.2) is 69.6 Å². The normalized spacial score (nSPS) is 11.3. The van der Waals surface area contributed by atoms with Gasteiger partial charge in [0.15, 0.2) is 0 Å². The number of nitrogens with zero attached hydrogens (tertiary/aromatic N) is 4. The zero-order chi connectivity index (χ0) is 20.7. The lowest BCUT2D eigenvalue weighted by molar-refractivity contribution is 0.369. The summed E-state index contributed by atoms with van der Waals surface area (Å²) in [6.45, 7) is 0.0844. The van der Waals surface area contributed by atoms with E-state index in [4.69, 9.17) is 16.1 Å². The van der Waals surface area contributed by atoms with E-state index in [9.17, 15) is 9.18 Å². The Kier molecular flexibility index (Phi) is 4.65. The number of benzene rings is 2. The highest BCUT2D eigenvalue weighted by Gasteiger charge is 2.15. The summed E-state index contributed by atoms with van der Waals surface area (Å²) < 4.78 is 20.0. The lowest BCUT2D eigenvalue weighted by Gasteiger charge is -2.03. The van der Waals surface area contributed by atoms with Crippen LogP contribution in [0.5, 0.6) is 0 Å². The van der Waals surface area contributed by atoms with Crippen LogP contribution in [0.2, 0.25) is 5.02 Å². The minimum Gasteiger partial charge on any atom is -0.337 e. The molecule has 3 heterocycles. The largest absolute Gasteiger partial charge is 0.337 e. The molecule has 30 heavy (non-hydrogen) atoms. The van der Waals surface area contributed by atoms with Gasteiger partial charge in [0, 0.05) is 21.5 Å². The molecule has 5 aromatic rings. The van der Waals surface area contributed by atoms with Gasteiger partial charge in [0.05, 0.1) is 11.7 Å². The van der Waals surface area contributed by atoms with E-state index >= 15 is 0 Å². The van der Waals surface area contributed by atoms with Crippen molar-refractivity contribution in [3.63, 3.8) is 0 Å². The number of aromatic nitrogens is 4. The minimum atomic E-state index is -0.332. The molecule has 148 valence electrons. The van der Waals surface area contributed by atoms with Gasteiger partial charge in [0.1, 0.15) is 17.2 Å². The Labute approximate surface area is 178 Å². The second-order valence-electron chi connectivity index (χ2n) is 6.53. The van der Waals surface area contributed by atoms with E-state index < -0.39 is 0 Å². The van der Waals surface area contributed by atoms with Gasteiger partial charge in [-0.15, -0.1) is 11.3 Å². The van der Waals surface area contributed by atoms with Crippen LogP contribution in [0.3, 0.4) is 0 Å². The topological polar surface area (TPSA) is 73.8 Å². The second kappa shape index (κ2) is 7.47. The molecule has 5 rings (SSSR count). The summed E-state index contributed by atoms with van der Waals surface area (Å²) in [7, 11) is 0. The predicted molar refractivity (Wildman–Crippen MR) is 113 cm³/mol. The van der Waals surface area contributed by atoms with Crippen LogP contribution in [0.4, 0.5) is 4.39 Å². The molecule has 0 aliphatic rings. The Balaban J connectivity index is 1.50. The summed E-state index contributed by atoms with van der Waals surface area (Å²) in [5.41, 5.74) is 2.00. The maximum absolute atomic E-state index is 13.3. The van der Waals surface area contributed by atoms with E-state index in [1.165, 1.54) is 34.4 Å². The Morgan fingerprint density at radius 3 is 2.57 bits per heavy atom. The molecule has 0 N–H and O–H groups in total. The second-order valence-corrected chi connectivity index (χ2v) is 7.83. The van der Waals surface area contributed by atoms with Gasteiger partial charge in [0.2, 0.25) is 11.7 Å². The van der Waals surface area contributed by atoms with Crippen LogP contribution < -0.4 is 5.56 Å². The molecule has 0 aliphatic heterocycles. The van der Waals surface area contributed by atoms with Crippen LogP contribution in [0.25, 0.3) is 32.7 Å². The summed E-state index contributed by atoms with van der Waals surface area (Å²) in [6, 6.07) is 13.1. The van der Waals surface area contributed by atoms with Gasteiger partial charge in [-0.2, -0.15) is 4.98 Å². The van der Waals surface area contributed by atoms with Crippen molar-refractivity contribution in [3.8, 4) is 22.5 Å². The van der Waals surface area contributed by atoms with Crippen molar-refractivity contribution in [1.82, 2.24) is 19.7 Å². The van der Waals surface area contributed by atoms with Gasteiger partial charge in [-0.25, -0.2) is 9.37 Å². The fourth-order valence-electron chi connectivity index (χ4n) is 3.10. The summed E-state index contributed by atoms with van der Waals surface area (Å²) in [5.74, 6) is 0.356. The molecule has 9 heteroatoms. The van der Waals surface area contributed by atoms with E-state index in [2.05, 4.69) is 15.1 Å². The smallest absolute Gasteiger partial charge is 0.263 e. The lowest BCUT2D eigenvalue weighted by Crippen LogP contribution is -2.21. The van der Waals surface area contributed by atoms with Crippen LogP contribution >= 0.6 is 22.9 Å². The molecule has 0 saturated carbocycles. The quantitative estimate of drug-likeness (QED) is 0.394. The summed E-state index contributed by atoms with van der Waals surface area (Å²) in [6.07, 6.45) is 1.46. The molecule has 0 saturated heterocycles. The maximum Gasteiger partial charge on any atom is 0.263 e. The molecular formula is C21H12ClFN4O2S. The SMILES string of the molecule is O=c1c2c(-c3ccc(F)cc3)csc2ncn1Cc1nc(-c2ccc(Cl)cc2)no1. The Bertz CT molecular complexity index is 1410. The lowest BCUT2D eigenvalue weighted by atomic mass is 10.1. The predicted octanol–water partition coefficient (Wildman–Crippen LogP) is 5.02. The Hall–Kier alpha value is -3.36. The van der Waals surface area contributed by atoms with Crippen LogP contribution in [-0.4, -0.2) is 19.7 Å². The summed E-state index contributed by atoms with van der Waals surface area (Å²) >= 11 is 7.27. The van der Waals surface area contributed by atoms with Gasteiger partial charge in [0.25, 0.3) is 5.56 Å². The van der Waals surface area contributed by atoms with Crippen molar-refractivity contribution < 1.29 is 8.91 Å². The van der Waals surface area contributed by atoms with Gasteiger partial charge >= 0.3 is 0 Å². The number of halogens is 2. The molecule has 0 fully saturated rings. The van der Waals surface area contributed by atoms with Crippen LogP contribution in [0.1, 0.15) is 5.89 Å². The molecule has 2 aromatic carbocycles. The minimum absolute atomic E-state index is 0.0844. The fraction of sp³-hybridized carbons (Fsp3) is 0.0476. The third kappa shape index (κ3) is 3.40. The van der Waals surface area contributed by atoms with Gasteiger partial charge in [-0.05, 0) is 42.0 Å². The van der Waals surface area contributed by atoms with Gasteiger partial charge < -0.3 is 4.52 Å². The fourth-order valence-corrected chi connectivity index (χ4v) is 4.14. The monoisotopic (exact) mass is 438 g/mol. The van der Waals surface area contributed by atoms with Gasteiger partial charge in [-0.3, -0.25) is 9.36 Å². The van der Waals surface area contributed by atoms with E-state index in [-0.39, 0.29) is 23.8 Å². The number of hydrogen-bond acceptors (Lipinski definition) is 6. The molecule has 3 aromatic heterocycles. The number of rotatable bonds is 4. The van der Waals surface area contributed by atoms with Crippen molar-refractivity contribution in [3.05, 3.63) is 87.3 Å². The number of fused-ring (bicyclic) bond motifs is 1. The first-order valence-electron chi connectivity index (χ1n) is 8.89. The molecule has 6 nitrogen and oxygen atoms in total. The Morgan fingerprint density at radius 1 is 1.07 bits per heavy atom. The zero-order valence-corrected chi connectivity index (χ0v) is 16.8. The molecule has 0 amide bonds. The first kappa shape index (κ1) is 18.7. The molecule has 0 bridgehead atoms. The van der Waals surface area contributed by atoms with Crippen LogP contribution in [-0.2, 0) is 6.54 Å². The van der Waals surface area contributed by atoms with Gasteiger partial charge in [-0.1, -0.05) is 28.9 Å². The van der Waals surface area contributed by atoms with E-state index in [0.717, 1.165) is 11.1 Å². The molecule has 0 unspecified atom stereocenters. The van der Waals surface area contributed by atoms with Crippen molar-refractivity contribution in [2.24, 2.45) is 0 Å². The van der Waals surface area contributed by atoms with E-state index in [0.29, 0.717) is 26.6 Å². The number of hydrogen-bond donors (Lipinski definition) is 0. The zero-order valence-electron chi connectivity index (χ0n) is 15.3. The standard InChI is InChI=1S/C21H12ClFN4O2S/c22-14-5-1-13(2-6-14)19-25-17(29-26-19)9-27-11-24-20-18(21(27)28)16(10-30-20)12-3-7-15(23)8-4-12/h1-8,10-11H,9H2. The third-order valence-electron chi connectivity index (χ3n) is 4.59. The maximum atomic E-state index is 13.3. The number of thiophene rings is 1. The summed E-state index contributed by atoms with van der Waals surface area (Å²) in [4.78, 5) is 22.5. The Morgan fingerprint density at radius 2 is 1.80 bits per heavy atom. The van der Waals surface area contributed by atoms with Crippen molar-refractivity contribution in [2.45, 2.75) is 6.54 Å². The molecule has 0 radical (unpaired) electrons. The highest BCUT2D eigenvalue weighted by Crippen LogP contribution is 2.30. The van der Waals surface area contributed by atoms with E-state index in [1.54, 1.807) is 36.4 Å². The average molecular weight is 439 g/mol. The van der Waals surface area contributed by atoms with E-state index in [1.807, 2.05) is 5.38 Å². The summed E-state index contributed by atoms with van der Waals surface area (Å²) in [5, 5.41) is 6.91. The molecule has 0 aliphatic carbocycles. The highest BCUT2D eigenvalue weighted by molar-refractivity contribution is 7.17. The molecule has 0 spiro atoms. The van der Waals surface area contributed by atoms with Crippen molar-refractivity contribution >= 4 is 33.2 Å². The molecular weight excluding hydrogens is 427 g/mol. The highest BCUT2D eigenvalue weighted by atomic mass is 35.5. The first-order chi connectivity index (χ1) is 14.6. The average Bonchev–Trinajstić information content (AvgIpc) is 3.39. The first-order valence-corrected chi connectivity index (χ1v) is 10.2. The van der Waals surface area contributed by atoms with Crippen LogP contribution in [0, 0.1) is 5.82 Å².